The molecule has 0 aromatic heterocycles. The summed E-state index contributed by atoms with van der Waals surface area (Å²) in [4.78, 5) is 0. The van der Waals surface area contributed by atoms with Crippen molar-refractivity contribution in [1.82, 2.24) is 0 Å². The molecule has 0 spiro atoms. The highest BCUT2D eigenvalue weighted by Gasteiger charge is 2.10. The predicted molar refractivity (Wildman–Crippen MR) is 45.4 cm³/mol. The van der Waals surface area contributed by atoms with E-state index < -0.39 is 17.3 Å². The molecule has 1 N–H and O–H groups in total. The van der Waals surface area contributed by atoms with E-state index in [-0.39, 0.29) is 12.2 Å². The highest BCUT2D eigenvalue weighted by Crippen LogP contribution is 2.36. The molecule has 6 heteroatoms. The minimum absolute atomic E-state index is 0.267. The van der Waals surface area contributed by atoms with Crippen LogP contribution in [0.1, 0.15) is 6.42 Å². The Morgan fingerprint density at radius 3 is 2.09 bits per heavy atom. The molecule has 0 atom stereocenters. The van der Waals surface area contributed by atoms with E-state index in [0.29, 0.717) is 6.16 Å². The van der Waals surface area contributed by atoms with Crippen LogP contribution < -0.4 is 0 Å². The second-order valence-corrected chi connectivity index (χ2v) is 8.10. The maximum Gasteiger partial charge on any atom is 0.264 e. The van der Waals surface area contributed by atoms with Gasteiger partial charge in [-0.2, -0.15) is 8.42 Å². The van der Waals surface area contributed by atoms with Crippen LogP contribution in [-0.4, -0.2) is 38.2 Å². The zero-order chi connectivity index (χ0) is 9.12. The van der Waals surface area contributed by atoms with Crippen LogP contribution in [0, 0.1) is 0 Å². The summed E-state index contributed by atoms with van der Waals surface area (Å²) in [5.41, 5.74) is 0. The van der Waals surface area contributed by atoms with Gasteiger partial charge >= 0.3 is 0 Å². The third-order valence-corrected chi connectivity index (χ3v) is 3.30. The van der Waals surface area contributed by atoms with E-state index in [4.69, 9.17) is 4.55 Å². The van der Waals surface area contributed by atoms with E-state index in [9.17, 15) is 13.0 Å². The molecule has 4 nitrogen and oxygen atoms in total. The van der Waals surface area contributed by atoms with Gasteiger partial charge in [-0.05, 0) is 19.8 Å². The minimum atomic E-state index is -3.87. The molecule has 0 aromatic carbocycles. The van der Waals surface area contributed by atoms with Gasteiger partial charge in [0.2, 0.25) is 0 Å². The molecule has 0 radical (unpaired) electrons. The molecule has 0 saturated carbocycles. The predicted octanol–water partition coefficient (Wildman–Crippen LogP) is 0.887. The lowest BCUT2D eigenvalue weighted by atomic mass is 10.6. The topological polar surface area (TPSA) is 71.4 Å². The first kappa shape index (κ1) is 11.1. The summed E-state index contributed by atoms with van der Waals surface area (Å²) < 4.78 is 39.7. The van der Waals surface area contributed by atoms with E-state index in [1.165, 1.54) is 0 Å². The van der Waals surface area contributed by atoms with Crippen LogP contribution in [0.15, 0.2) is 0 Å². The lowest BCUT2D eigenvalue weighted by molar-refractivity contribution is 0.482. The fourth-order valence-corrected chi connectivity index (χ4v) is 2.27. The second-order valence-electron chi connectivity index (χ2n) is 2.94. The summed E-state index contributed by atoms with van der Waals surface area (Å²) in [5, 5.41) is 0. The number of hydrogen-bond acceptors (Lipinski definition) is 3. The van der Waals surface area contributed by atoms with Gasteiger partial charge in [0.05, 0.1) is 12.9 Å². The number of rotatable bonds is 4. The first-order valence-corrected chi connectivity index (χ1v) is 7.59. The van der Waals surface area contributed by atoms with Crippen LogP contribution in [0.25, 0.3) is 0 Å². The van der Waals surface area contributed by atoms with E-state index in [1.807, 2.05) is 0 Å². The quantitative estimate of drug-likeness (QED) is 0.540. The zero-order valence-corrected chi connectivity index (χ0v) is 8.36. The van der Waals surface area contributed by atoms with Gasteiger partial charge in [0.15, 0.2) is 0 Å². The summed E-state index contributed by atoms with van der Waals surface area (Å²) in [6.07, 6.45) is 0.635. The van der Waals surface area contributed by atoms with Crippen molar-refractivity contribution in [3.8, 4) is 0 Å². The Labute approximate surface area is 67.1 Å². The smallest absolute Gasteiger partial charge is 0.264 e. The maximum absolute atomic E-state index is 11.0. The fraction of sp³-hybridized carbons (Fsp3) is 1.00. The lowest BCUT2D eigenvalue weighted by Crippen LogP contribution is -2.05. The standard InChI is InChI=1S/C5H13O4PS/c1-10(2,6)4-3-5-11(7,8)9/h3-5H2,1-2H3,(H,7,8,9). The van der Waals surface area contributed by atoms with Crippen LogP contribution in [0.4, 0.5) is 0 Å². The summed E-state index contributed by atoms with van der Waals surface area (Å²) in [5.74, 6) is -0.293. The summed E-state index contributed by atoms with van der Waals surface area (Å²) in [6.45, 7) is 3.19. The van der Waals surface area contributed by atoms with Crippen molar-refractivity contribution in [2.45, 2.75) is 6.42 Å². The van der Waals surface area contributed by atoms with Crippen molar-refractivity contribution in [1.29, 1.82) is 0 Å². The molecular weight excluding hydrogens is 187 g/mol. The molecule has 0 aliphatic rings. The second kappa shape index (κ2) is 3.70. The van der Waals surface area contributed by atoms with Crippen LogP contribution >= 0.6 is 7.14 Å². The van der Waals surface area contributed by atoms with E-state index in [0.717, 1.165) is 0 Å². The summed E-state index contributed by atoms with van der Waals surface area (Å²) >= 11 is 0. The molecule has 0 amide bonds. The highest BCUT2D eigenvalue weighted by atomic mass is 32.2. The Kier molecular flexibility index (Phi) is 3.74. The Morgan fingerprint density at radius 1 is 1.36 bits per heavy atom. The van der Waals surface area contributed by atoms with Gasteiger partial charge in [-0.25, -0.2) is 0 Å². The van der Waals surface area contributed by atoms with Crippen molar-refractivity contribution in [2.75, 3.05) is 25.2 Å². The molecule has 0 aliphatic carbocycles. The van der Waals surface area contributed by atoms with Gasteiger partial charge < -0.3 is 4.57 Å². The molecule has 0 aliphatic heterocycles. The Bertz CT molecular complexity index is 250. The first-order chi connectivity index (χ1) is 4.71. The molecule has 0 unspecified atom stereocenters. The third kappa shape index (κ3) is 10.1. The van der Waals surface area contributed by atoms with Crippen LogP contribution in [-0.2, 0) is 14.7 Å². The summed E-state index contributed by atoms with van der Waals surface area (Å²) in [7, 11) is -5.99. The first-order valence-electron chi connectivity index (χ1n) is 3.20. The average molecular weight is 200 g/mol. The SMILES string of the molecule is CP(C)(=O)CCCS(=O)(=O)O. The molecule has 11 heavy (non-hydrogen) atoms. The van der Waals surface area contributed by atoms with Crippen molar-refractivity contribution in [2.24, 2.45) is 0 Å². The molecular formula is C5H13O4PS. The normalized spacial score (nSPS) is 13.4. The Balaban J connectivity index is 3.70. The maximum atomic E-state index is 11.0. The van der Waals surface area contributed by atoms with Crippen molar-refractivity contribution < 1.29 is 17.5 Å². The van der Waals surface area contributed by atoms with Gasteiger partial charge in [0.25, 0.3) is 10.1 Å². The molecule has 0 rings (SSSR count). The monoisotopic (exact) mass is 200 g/mol. The van der Waals surface area contributed by atoms with Crippen LogP contribution in [0.3, 0.4) is 0 Å². The van der Waals surface area contributed by atoms with Gasteiger partial charge in [-0.1, -0.05) is 0 Å². The Morgan fingerprint density at radius 2 is 1.82 bits per heavy atom. The Hall–Kier alpha value is 0.140. The third-order valence-electron chi connectivity index (χ3n) is 1.10. The van der Waals surface area contributed by atoms with Gasteiger partial charge in [-0.3, -0.25) is 4.55 Å². The molecule has 0 aromatic rings. The molecule has 0 saturated heterocycles. The van der Waals surface area contributed by atoms with Gasteiger partial charge in [0, 0.05) is 6.16 Å². The van der Waals surface area contributed by atoms with Crippen molar-refractivity contribution >= 4 is 17.3 Å². The van der Waals surface area contributed by atoms with Crippen LogP contribution in [0.2, 0.25) is 0 Å². The van der Waals surface area contributed by atoms with E-state index >= 15 is 0 Å². The molecule has 68 valence electrons. The van der Waals surface area contributed by atoms with Crippen LogP contribution in [0.5, 0.6) is 0 Å². The lowest BCUT2D eigenvalue weighted by Gasteiger charge is -2.03. The minimum Gasteiger partial charge on any atom is -0.324 e. The van der Waals surface area contributed by atoms with Gasteiger partial charge in [-0.15, -0.1) is 0 Å². The van der Waals surface area contributed by atoms with E-state index in [2.05, 4.69) is 0 Å². The van der Waals surface area contributed by atoms with Gasteiger partial charge in [0.1, 0.15) is 0 Å². The molecule has 0 bridgehead atoms. The van der Waals surface area contributed by atoms with Crippen molar-refractivity contribution in [3.63, 3.8) is 0 Å². The molecule has 0 fully saturated rings. The van der Waals surface area contributed by atoms with Crippen molar-refractivity contribution in [3.05, 3.63) is 0 Å². The number of hydrogen-bond donors (Lipinski definition) is 1. The largest absolute Gasteiger partial charge is 0.324 e. The molecule has 0 heterocycles. The fourth-order valence-electron chi connectivity index (χ4n) is 0.628. The summed E-state index contributed by atoms with van der Waals surface area (Å²) in [6, 6.07) is 0. The zero-order valence-electron chi connectivity index (χ0n) is 6.65. The highest BCUT2D eigenvalue weighted by molar-refractivity contribution is 7.85. The average Bonchev–Trinajstić information content (AvgIpc) is 1.55. The van der Waals surface area contributed by atoms with E-state index in [1.54, 1.807) is 13.3 Å².